The standard InChI is InChI=1S/C19H15N/c1-2-7-14(8-3-1)16-10-6-12-19-17(16)13-15-9-4-5-11-18(15)20-19/h1-13,18,20H. The van der Waals surface area contributed by atoms with Crippen molar-refractivity contribution in [2.24, 2.45) is 0 Å². The lowest BCUT2D eigenvalue weighted by atomic mass is 9.90. The molecule has 20 heavy (non-hydrogen) atoms. The summed E-state index contributed by atoms with van der Waals surface area (Å²) in [5.74, 6) is 0. The Labute approximate surface area is 119 Å². The van der Waals surface area contributed by atoms with Crippen LogP contribution in [0.5, 0.6) is 0 Å². The van der Waals surface area contributed by atoms with Crippen LogP contribution in [0.1, 0.15) is 5.56 Å². The molecule has 0 saturated carbocycles. The zero-order chi connectivity index (χ0) is 13.4. The first-order valence-corrected chi connectivity index (χ1v) is 6.93. The van der Waals surface area contributed by atoms with Gasteiger partial charge in [-0.05, 0) is 28.8 Å². The summed E-state index contributed by atoms with van der Waals surface area (Å²) in [5, 5.41) is 3.60. The second kappa shape index (κ2) is 4.53. The highest BCUT2D eigenvalue weighted by Gasteiger charge is 2.20. The van der Waals surface area contributed by atoms with Crippen LogP contribution in [-0.4, -0.2) is 6.04 Å². The molecule has 0 fully saturated rings. The van der Waals surface area contributed by atoms with Gasteiger partial charge in [-0.15, -0.1) is 0 Å². The van der Waals surface area contributed by atoms with Crippen LogP contribution >= 0.6 is 0 Å². The molecule has 1 heterocycles. The van der Waals surface area contributed by atoms with E-state index in [1.165, 1.54) is 28.0 Å². The molecule has 0 aromatic heterocycles. The van der Waals surface area contributed by atoms with E-state index in [1.54, 1.807) is 0 Å². The highest BCUT2D eigenvalue weighted by atomic mass is 14.9. The van der Waals surface area contributed by atoms with Gasteiger partial charge in [-0.3, -0.25) is 0 Å². The Balaban J connectivity index is 1.90. The minimum atomic E-state index is 0.304. The van der Waals surface area contributed by atoms with E-state index in [-0.39, 0.29) is 0 Å². The summed E-state index contributed by atoms with van der Waals surface area (Å²) in [6.45, 7) is 0. The van der Waals surface area contributed by atoms with E-state index >= 15 is 0 Å². The predicted molar refractivity (Wildman–Crippen MR) is 85.5 cm³/mol. The smallest absolute Gasteiger partial charge is 0.0701 e. The monoisotopic (exact) mass is 257 g/mol. The number of anilines is 1. The molecular formula is C19H15N. The fraction of sp³-hybridized carbons (Fsp3) is 0.0526. The zero-order valence-electron chi connectivity index (χ0n) is 11.1. The maximum atomic E-state index is 3.60. The van der Waals surface area contributed by atoms with Crippen LogP contribution < -0.4 is 5.32 Å². The van der Waals surface area contributed by atoms with Gasteiger partial charge in [0.05, 0.1) is 6.04 Å². The first-order valence-electron chi connectivity index (χ1n) is 6.93. The topological polar surface area (TPSA) is 12.0 Å². The largest absolute Gasteiger partial charge is 0.374 e. The van der Waals surface area contributed by atoms with Gasteiger partial charge in [0.15, 0.2) is 0 Å². The molecule has 0 radical (unpaired) electrons. The Morgan fingerprint density at radius 3 is 2.65 bits per heavy atom. The van der Waals surface area contributed by atoms with Crippen LogP contribution in [0, 0.1) is 0 Å². The highest BCUT2D eigenvalue weighted by Crippen LogP contribution is 2.36. The van der Waals surface area contributed by atoms with E-state index < -0.39 is 0 Å². The molecular weight excluding hydrogens is 242 g/mol. The number of benzene rings is 2. The fourth-order valence-electron chi connectivity index (χ4n) is 2.88. The summed E-state index contributed by atoms with van der Waals surface area (Å²) in [5.41, 5.74) is 6.36. The van der Waals surface area contributed by atoms with Crippen molar-refractivity contribution < 1.29 is 0 Å². The van der Waals surface area contributed by atoms with Gasteiger partial charge in [0.2, 0.25) is 0 Å². The number of rotatable bonds is 1. The van der Waals surface area contributed by atoms with Crippen LogP contribution in [0.25, 0.3) is 17.2 Å². The van der Waals surface area contributed by atoms with Crippen molar-refractivity contribution in [2.45, 2.75) is 6.04 Å². The number of hydrogen-bond donors (Lipinski definition) is 1. The van der Waals surface area contributed by atoms with Crippen molar-refractivity contribution >= 4 is 11.8 Å². The summed E-state index contributed by atoms with van der Waals surface area (Å²) in [4.78, 5) is 0. The van der Waals surface area contributed by atoms with Gasteiger partial charge in [-0.25, -0.2) is 0 Å². The van der Waals surface area contributed by atoms with Crippen LogP contribution in [0.4, 0.5) is 5.69 Å². The van der Waals surface area contributed by atoms with Crippen LogP contribution in [0.2, 0.25) is 0 Å². The number of nitrogens with one attached hydrogen (secondary N) is 1. The second-order valence-electron chi connectivity index (χ2n) is 5.14. The number of hydrogen-bond acceptors (Lipinski definition) is 1. The van der Waals surface area contributed by atoms with Crippen molar-refractivity contribution in [1.29, 1.82) is 0 Å². The Hall–Kier alpha value is -2.54. The lowest BCUT2D eigenvalue weighted by molar-refractivity contribution is 1.04. The molecule has 1 unspecified atom stereocenters. The molecule has 0 saturated heterocycles. The minimum Gasteiger partial charge on any atom is -0.374 e. The molecule has 0 bridgehead atoms. The summed E-state index contributed by atoms with van der Waals surface area (Å²) in [7, 11) is 0. The molecule has 1 nitrogen and oxygen atoms in total. The molecule has 0 spiro atoms. The lowest BCUT2D eigenvalue weighted by Gasteiger charge is -2.27. The molecule has 0 amide bonds. The summed E-state index contributed by atoms with van der Waals surface area (Å²) in [6.07, 6.45) is 10.9. The van der Waals surface area contributed by atoms with Crippen molar-refractivity contribution in [2.75, 3.05) is 5.32 Å². The summed E-state index contributed by atoms with van der Waals surface area (Å²) >= 11 is 0. The third kappa shape index (κ3) is 1.79. The van der Waals surface area contributed by atoms with Crippen LogP contribution in [0.3, 0.4) is 0 Å². The normalized spacial score (nSPS) is 18.8. The third-order valence-electron chi connectivity index (χ3n) is 3.88. The third-order valence-corrected chi connectivity index (χ3v) is 3.88. The molecule has 1 atom stereocenters. The van der Waals surface area contributed by atoms with Gasteiger partial charge in [0.25, 0.3) is 0 Å². The minimum absolute atomic E-state index is 0.304. The summed E-state index contributed by atoms with van der Waals surface area (Å²) < 4.78 is 0. The van der Waals surface area contributed by atoms with Gasteiger partial charge >= 0.3 is 0 Å². The molecule has 2 aromatic carbocycles. The second-order valence-corrected chi connectivity index (χ2v) is 5.14. The SMILES string of the molecule is C1=CC2=Cc3c(cccc3-c3ccccc3)NC2C=C1. The molecule has 2 aliphatic rings. The average Bonchev–Trinajstić information content (AvgIpc) is 2.53. The Morgan fingerprint density at radius 1 is 0.850 bits per heavy atom. The van der Waals surface area contributed by atoms with Gasteiger partial charge in [-0.1, -0.05) is 66.8 Å². The maximum absolute atomic E-state index is 3.60. The van der Waals surface area contributed by atoms with Crippen molar-refractivity contribution in [3.8, 4) is 11.1 Å². The highest BCUT2D eigenvalue weighted by molar-refractivity contribution is 5.87. The first-order chi connectivity index (χ1) is 9.92. The van der Waals surface area contributed by atoms with Crippen molar-refractivity contribution in [1.82, 2.24) is 0 Å². The number of allylic oxidation sites excluding steroid dienone is 2. The molecule has 1 aliphatic heterocycles. The van der Waals surface area contributed by atoms with Crippen LogP contribution in [-0.2, 0) is 0 Å². The zero-order valence-corrected chi connectivity index (χ0v) is 11.1. The van der Waals surface area contributed by atoms with Gasteiger partial charge < -0.3 is 5.32 Å². The van der Waals surface area contributed by atoms with E-state index in [1.807, 2.05) is 0 Å². The van der Waals surface area contributed by atoms with E-state index in [0.717, 1.165) is 0 Å². The van der Waals surface area contributed by atoms with E-state index in [9.17, 15) is 0 Å². The lowest BCUT2D eigenvalue weighted by Crippen LogP contribution is -2.23. The Bertz CT molecular complexity index is 736. The molecule has 4 rings (SSSR count). The van der Waals surface area contributed by atoms with E-state index in [2.05, 4.69) is 84.2 Å². The van der Waals surface area contributed by atoms with Crippen molar-refractivity contribution in [3.63, 3.8) is 0 Å². The average molecular weight is 257 g/mol. The van der Waals surface area contributed by atoms with Gasteiger partial charge in [0.1, 0.15) is 0 Å². The Morgan fingerprint density at radius 2 is 1.75 bits per heavy atom. The molecule has 1 N–H and O–H groups in total. The van der Waals surface area contributed by atoms with Crippen molar-refractivity contribution in [3.05, 3.63) is 84.0 Å². The molecule has 1 aliphatic carbocycles. The summed E-state index contributed by atoms with van der Waals surface area (Å²) in [6, 6.07) is 17.3. The van der Waals surface area contributed by atoms with E-state index in [0.29, 0.717) is 6.04 Å². The first kappa shape index (κ1) is 11.3. The molecule has 2 aromatic rings. The quantitative estimate of drug-likeness (QED) is 0.783. The Kier molecular flexibility index (Phi) is 2.56. The number of fused-ring (bicyclic) bond motifs is 2. The van der Waals surface area contributed by atoms with E-state index in [4.69, 9.17) is 0 Å². The maximum Gasteiger partial charge on any atom is 0.0701 e. The molecule has 1 heteroatoms. The van der Waals surface area contributed by atoms with Crippen LogP contribution in [0.15, 0.2) is 78.4 Å². The van der Waals surface area contributed by atoms with Gasteiger partial charge in [-0.2, -0.15) is 0 Å². The predicted octanol–water partition coefficient (Wildman–Crippen LogP) is 4.66. The molecule has 96 valence electrons. The van der Waals surface area contributed by atoms with Gasteiger partial charge in [0, 0.05) is 11.3 Å². The fourth-order valence-corrected chi connectivity index (χ4v) is 2.88.